The van der Waals surface area contributed by atoms with Crippen molar-refractivity contribution in [1.29, 1.82) is 0 Å². The van der Waals surface area contributed by atoms with Crippen LogP contribution in [0, 0.1) is 6.92 Å². The van der Waals surface area contributed by atoms with Crippen LogP contribution in [0.4, 0.5) is 20.3 Å². The first-order valence-corrected chi connectivity index (χ1v) is 17.9. The lowest BCUT2D eigenvalue weighted by Gasteiger charge is -2.21. The van der Waals surface area contributed by atoms with E-state index in [9.17, 15) is 28.4 Å². The molecule has 4 aromatic rings. The van der Waals surface area contributed by atoms with Gasteiger partial charge >= 0.3 is 12.7 Å². The second-order valence-corrected chi connectivity index (χ2v) is 12.8. The number of hydrogen-bond donors (Lipinski definition) is 5. The number of alkyl halides is 3. The standard InChI is InChI=1S/C36H42BClF2N6O9/c1-24-20-25(2-7-31(24)37(49)50)34(47)41-11-13-51-14-15-52-16-17-53-18-19-54-29-9-12-46(23-29)33-30(32-8-10-43-45-32)21-26(22-42-33)35(48)44-27-3-5-28(6-4-27)55-36(38,39)40/h2-8,10,20-22,29,49-50H,9,11-19,23H2,1H3,(H,41,47)(H,43,45)(H,44,48)/t29-/m1/s1. The second kappa shape index (κ2) is 20.3. The van der Waals surface area contributed by atoms with Crippen molar-refractivity contribution in [2.24, 2.45) is 0 Å². The number of H-pyrrole nitrogens is 1. The molecule has 0 bridgehead atoms. The molecular weight excluding hydrogens is 745 g/mol. The van der Waals surface area contributed by atoms with E-state index >= 15 is 0 Å². The third-order valence-corrected chi connectivity index (χ3v) is 8.45. The SMILES string of the molecule is Cc1cc(C(=O)NCCOCCOCCOCCO[C@@H]2CCN(c3ncc(C(=O)Nc4ccc(OC(F)(F)Cl)cc4)cc3-c3ccn[nH]3)C2)ccc1B(O)O. The first-order chi connectivity index (χ1) is 26.5. The molecule has 0 unspecified atom stereocenters. The van der Waals surface area contributed by atoms with Crippen LogP contribution >= 0.6 is 11.6 Å². The molecule has 1 aliphatic heterocycles. The predicted molar refractivity (Wildman–Crippen MR) is 200 cm³/mol. The molecule has 1 fully saturated rings. The summed E-state index contributed by atoms with van der Waals surface area (Å²) in [5, 5.41) is 31.1. The van der Waals surface area contributed by atoms with Gasteiger partial charge in [-0.1, -0.05) is 11.6 Å². The van der Waals surface area contributed by atoms with Crippen molar-refractivity contribution < 1.29 is 52.1 Å². The number of pyridine rings is 1. The number of aromatic amines is 1. The molecule has 0 radical (unpaired) electrons. The summed E-state index contributed by atoms with van der Waals surface area (Å²) in [5.74, 6) is -0.211. The summed E-state index contributed by atoms with van der Waals surface area (Å²) in [7, 11) is -1.58. The van der Waals surface area contributed by atoms with Crippen molar-refractivity contribution in [3.8, 4) is 17.0 Å². The maximum atomic E-state index is 13.1. The number of aryl methyl sites for hydroxylation is 1. The molecule has 294 valence electrons. The number of amides is 2. The molecule has 3 heterocycles. The highest BCUT2D eigenvalue weighted by atomic mass is 35.5. The van der Waals surface area contributed by atoms with Gasteiger partial charge in [-0.3, -0.25) is 14.7 Å². The zero-order chi connectivity index (χ0) is 39.2. The molecule has 19 heteroatoms. The van der Waals surface area contributed by atoms with Gasteiger partial charge in [0.15, 0.2) is 0 Å². The van der Waals surface area contributed by atoms with Crippen LogP contribution in [0.5, 0.6) is 5.75 Å². The lowest BCUT2D eigenvalue weighted by atomic mass is 9.77. The van der Waals surface area contributed by atoms with Gasteiger partial charge in [0.1, 0.15) is 11.6 Å². The maximum absolute atomic E-state index is 13.1. The Bertz CT molecular complexity index is 1840. The Hall–Kier alpha value is -4.69. The Morgan fingerprint density at radius 2 is 1.67 bits per heavy atom. The molecule has 1 saturated heterocycles. The summed E-state index contributed by atoms with van der Waals surface area (Å²) in [4.78, 5) is 32.1. The third kappa shape index (κ3) is 13.0. The van der Waals surface area contributed by atoms with Gasteiger partial charge in [-0.25, -0.2) is 4.98 Å². The van der Waals surface area contributed by atoms with Crippen molar-refractivity contribution in [3.05, 3.63) is 83.7 Å². The van der Waals surface area contributed by atoms with E-state index in [0.29, 0.717) is 105 Å². The van der Waals surface area contributed by atoms with E-state index in [4.69, 9.17) is 30.5 Å². The van der Waals surface area contributed by atoms with E-state index in [2.05, 4.69) is 35.5 Å². The monoisotopic (exact) mass is 786 g/mol. The summed E-state index contributed by atoms with van der Waals surface area (Å²) in [6, 6.07) is 13.5. The lowest BCUT2D eigenvalue weighted by Crippen LogP contribution is -2.33. The van der Waals surface area contributed by atoms with Gasteiger partial charge in [-0.15, -0.1) is 8.78 Å². The Morgan fingerprint density at radius 1 is 0.964 bits per heavy atom. The molecule has 2 amide bonds. The second-order valence-electron chi connectivity index (χ2n) is 12.4. The number of nitrogens with one attached hydrogen (secondary N) is 3. The van der Waals surface area contributed by atoms with E-state index < -0.39 is 18.6 Å². The van der Waals surface area contributed by atoms with Gasteiger partial charge in [-0.2, -0.15) is 5.10 Å². The van der Waals surface area contributed by atoms with Crippen LogP contribution in [0.1, 0.15) is 32.7 Å². The normalized spacial score (nSPS) is 14.2. The minimum atomic E-state index is -3.84. The van der Waals surface area contributed by atoms with E-state index in [1.54, 1.807) is 31.3 Å². The van der Waals surface area contributed by atoms with Crippen molar-refractivity contribution in [2.75, 3.05) is 76.1 Å². The molecule has 55 heavy (non-hydrogen) atoms. The number of halogens is 3. The van der Waals surface area contributed by atoms with Crippen molar-refractivity contribution in [3.63, 3.8) is 0 Å². The van der Waals surface area contributed by atoms with Crippen molar-refractivity contribution in [2.45, 2.75) is 25.0 Å². The van der Waals surface area contributed by atoms with E-state index in [1.807, 2.05) is 0 Å². The van der Waals surface area contributed by atoms with Crippen LogP contribution in [-0.2, 0) is 18.9 Å². The summed E-state index contributed by atoms with van der Waals surface area (Å²) < 4.78 is 52.8. The largest absolute Gasteiger partial charge is 0.488 e. The molecule has 1 atom stereocenters. The van der Waals surface area contributed by atoms with Gasteiger partial charge < -0.3 is 49.3 Å². The smallest absolute Gasteiger partial charge is 0.423 e. The molecule has 0 saturated carbocycles. The van der Waals surface area contributed by atoms with E-state index in [0.717, 1.165) is 6.42 Å². The number of benzene rings is 2. The summed E-state index contributed by atoms with van der Waals surface area (Å²) in [6.07, 6.45) is 3.81. The van der Waals surface area contributed by atoms with Crippen LogP contribution in [-0.4, -0.2) is 122 Å². The van der Waals surface area contributed by atoms with Crippen LogP contribution in [0.15, 0.2) is 67.0 Å². The fourth-order valence-corrected chi connectivity index (χ4v) is 5.79. The zero-order valence-electron chi connectivity index (χ0n) is 30.0. The van der Waals surface area contributed by atoms with Gasteiger partial charge in [0, 0.05) is 60.4 Å². The fraction of sp³-hybridized carbons (Fsp3) is 0.389. The number of hydrogen-bond acceptors (Lipinski definition) is 12. The number of carbonyl (C=O) groups is 2. The Labute approximate surface area is 321 Å². The van der Waals surface area contributed by atoms with Gasteiger partial charge in [0.05, 0.1) is 63.6 Å². The van der Waals surface area contributed by atoms with Gasteiger partial charge in [-0.05, 0) is 67.3 Å². The molecular formula is C36H42BClF2N6O9. The average molecular weight is 787 g/mol. The Balaban J connectivity index is 0.951. The molecule has 0 aliphatic carbocycles. The molecule has 2 aromatic heterocycles. The highest BCUT2D eigenvalue weighted by molar-refractivity contribution is 6.59. The minimum absolute atomic E-state index is 0.0446. The topological polar surface area (TPSA) is 190 Å². The van der Waals surface area contributed by atoms with Crippen LogP contribution in [0.25, 0.3) is 11.3 Å². The number of rotatable bonds is 21. The third-order valence-electron chi connectivity index (χ3n) is 8.38. The molecule has 0 spiro atoms. The zero-order valence-corrected chi connectivity index (χ0v) is 30.8. The summed E-state index contributed by atoms with van der Waals surface area (Å²) in [6.45, 7) is 5.94. The number of carbonyl (C=O) groups excluding carboxylic acids is 2. The van der Waals surface area contributed by atoms with Crippen LogP contribution in [0.2, 0.25) is 0 Å². The first kappa shape index (κ1) is 41.5. The van der Waals surface area contributed by atoms with Crippen LogP contribution < -0.4 is 25.7 Å². The van der Waals surface area contributed by atoms with E-state index in [-0.39, 0.29) is 23.3 Å². The number of nitrogens with zero attached hydrogens (tertiary/aromatic N) is 3. The molecule has 5 N–H and O–H groups in total. The lowest BCUT2D eigenvalue weighted by molar-refractivity contribution is -0.0964. The van der Waals surface area contributed by atoms with Gasteiger partial charge in [0.2, 0.25) is 0 Å². The van der Waals surface area contributed by atoms with Crippen LogP contribution in [0.3, 0.4) is 0 Å². The maximum Gasteiger partial charge on any atom is 0.488 e. The highest BCUT2D eigenvalue weighted by Crippen LogP contribution is 2.32. The number of aromatic nitrogens is 3. The molecule has 1 aliphatic rings. The Morgan fingerprint density at radius 3 is 2.33 bits per heavy atom. The highest BCUT2D eigenvalue weighted by Gasteiger charge is 2.28. The quantitative estimate of drug-likeness (QED) is 0.0473. The average Bonchev–Trinajstić information content (AvgIpc) is 3.86. The number of ether oxygens (including phenoxy) is 5. The minimum Gasteiger partial charge on any atom is -0.423 e. The summed E-state index contributed by atoms with van der Waals surface area (Å²) >= 11 is 4.81. The first-order valence-electron chi connectivity index (χ1n) is 17.5. The molecule has 15 nitrogen and oxygen atoms in total. The summed E-state index contributed by atoms with van der Waals surface area (Å²) in [5.41, 5.74) is -0.448. The van der Waals surface area contributed by atoms with Crippen molar-refractivity contribution >= 4 is 47.5 Å². The molecule has 2 aromatic carbocycles. The fourth-order valence-electron chi connectivity index (χ4n) is 5.70. The van der Waals surface area contributed by atoms with Crippen molar-refractivity contribution in [1.82, 2.24) is 20.5 Å². The number of anilines is 2. The predicted octanol–water partition coefficient (Wildman–Crippen LogP) is 2.96. The van der Waals surface area contributed by atoms with E-state index in [1.165, 1.54) is 42.6 Å². The Kier molecular flexibility index (Phi) is 15.3. The molecule has 5 rings (SSSR count). The van der Waals surface area contributed by atoms with Gasteiger partial charge in [0.25, 0.3) is 11.8 Å².